The first-order valence-corrected chi connectivity index (χ1v) is 9.12. The molecule has 0 bridgehead atoms. The van der Waals surface area contributed by atoms with E-state index < -0.39 is 14.6 Å². The molecule has 2 heterocycles. The van der Waals surface area contributed by atoms with Gasteiger partial charge in [-0.15, -0.1) is 24.0 Å². The highest BCUT2D eigenvalue weighted by Gasteiger charge is 2.40. The molecule has 1 saturated heterocycles. The van der Waals surface area contributed by atoms with Crippen molar-refractivity contribution in [3.8, 4) is 5.88 Å². The minimum atomic E-state index is -3.07. The van der Waals surface area contributed by atoms with Crippen LogP contribution in [0.5, 0.6) is 5.88 Å². The number of guanidine groups is 1. The van der Waals surface area contributed by atoms with Gasteiger partial charge in [0.15, 0.2) is 15.8 Å². The number of pyridine rings is 1. The summed E-state index contributed by atoms with van der Waals surface area (Å²) in [6, 6.07) is 5.56. The molecular weight excluding hydrogens is 443 g/mol. The van der Waals surface area contributed by atoms with Crippen molar-refractivity contribution in [3.05, 3.63) is 23.9 Å². The van der Waals surface area contributed by atoms with E-state index in [4.69, 9.17) is 4.74 Å². The number of hydrogen-bond donors (Lipinski definition) is 1. The van der Waals surface area contributed by atoms with Gasteiger partial charge in [0.05, 0.1) is 29.8 Å². The molecule has 0 amide bonds. The number of rotatable bonds is 3. The molecule has 0 unspecified atom stereocenters. The van der Waals surface area contributed by atoms with E-state index in [1.165, 1.54) is 0 Å². The predicted molar refractivity (Wildman–Crippen MR) is 106 cm³/mol. The fraction of sp³-hybridized carbons (Fsp3) is 0.600. The number of nitrogens with zero attached hydrogens (tertiary/aromatic N) is 3. The van der Waals surface area contributed by atoms with Crippen LogP contribution < -0.4 is 10.1 Å². The van der Waals surface area contributed by atoms with Crippen molar-refractivity contribution in [2.45, 2.75) is 25.1 Å². The Morgan fingerprint density at radius 3 is 2.75 bits per heavy atom. The first-order chi connectivity index (χ1) is 10.8. The van der Waals surface area contributed by atoms with Crippen molar-refractivity contribution in [1.29, 1.82) is 0 Å². The van der Waals surface area contributed by atoms with Crippen LogP contribution in [0.25, 0.3) is 0 Å². The summed E-state index contributed by atoms with van der Waals surface area (Å²) < 4.78 is 28.5. The highest BCUT2D eigenvalue weighted by Crippen LogP contribution is 2.23. The molecule has 1 N–H and O–H groups in total. The van der Waals surface area contributed by atoms with Gasteiger partial charge in [0.2, 0.25) is 5.88 Å². The summed E-state index contributed by atoms with van der Waals surface area (Å²) in [5.41, 5.74) is 0.828. The molecule has 0 aromatic carbocycles. The Hall–Kier alpha value is -1.10. The van der Waals surface area contributed by atoms with E-state index in [2.05, 4.69) is 15.3 Å². The van der Waals surface area contributed by atoms with Crippen LogP contribution in [0.15, 0.2) is 23.2 Å². The number of halogens is 1. The second-order valence-corrected chi connectivity index (χ2v) is 8.82. The lowest BCUT2D eigenvalue weighted by Gasteiger charge is -2.39. The van der Waals surface area contributed by atoms with Gasteiger partial charge >= 0.3 is 0 Å². The van der Waals surface area contributed by atoms with Crippen molar-refractivity contribution in [1.82, 2.24) is 15.2 Å². The fourth-order valence-corrected chi connectivity index (χ4v) is 3.86. The largest absolute Gasteiger partial charge is 0.481 e. The average molecular weight is 468 g/mol. The Morgan fingerprint density at radius 2 is 2.17 bits per heavy atom. The molecule has 1 fully saturated rings. The van der Waals surface area contributed by atoms with Gasteiger partial charge in [0.25, 0.3) is 0 Å². The van der Waals surface area contributed by atoms with E-state index in [-0.39, 0.29) is 29.7 Å². The van der Waals surface area contributed by atoms with Gasteiger partial charge in [0, 0.05) is 26.2 Å². The molecule has 1 aromatic rings. The van der Waals surface area contributed by atoms with Crippen LogP contribution in [0.1, 0.15) is 19.5 Å². The molecule has 0 atom stereocenters. The van der Waals surface area contributed by atoms with Crippen molar-refractivity contribution in [2.75, 3.05) is 33.0 Å². The van der Waals surface area contributed by atoms with E-state index in [9.17, 15) is 8.42 Å². The first-order valence-electron chi connectivity index (χ1n) is 7.47. The van der Waals surface area contributed by atoms with E-state index in [1.807, 2.05) is 17.0 Å². The van der Waals surface area contributed by atoms with Crippen molar-refractivity contribution in [3.63, 3.8) is 0 Å². The van der Waals surface area contributed by atoms with E-state index in [0.29, 0.717) is 31.5 Å². The van der Waals surface area contributed by atoms with Gasteiger partial charge in [-0.2, -0.15) is 0 Å². The maximum atomic E-state index is 12.1. The van der Waals surface area contributed by atoms with Gasteiger partial charge in [-0.05, 0) is 19.9 Å². The van der Waals surface area contributed by atoms with Gasteiger partial charge in [0.1, 0.15) is 0 Å². The zero-order chi connectivity index (χ0) is 17.1. The molecule has 136 valence electrons. The number of aliphatic imine (C=N–C) groups is 1. The van der Waals surface area contributed by atoms with Gasteiger partial charge < -0.3 is 15.0 Å². The fourth-order valence-electron chi connectivity index (χ4n) is 2.50. The van der Waals surface area contributed by atoms with E-state index in [0.717, 1.165) is 5.69 Å². The zero-order valence-corrected chi connectivity index (χ0v) is 17.6. The first kappa shape index (κ1) is 20.9. The summed E-state index contributed by atoms with van der Waals surface area (Å²) >= 11 is 0. The molecule has 1 aliphatic heterocycles. The van der Waals surface area contributed by atoms with Crippen LogP contribution in [0, 0.1) is 0 Å². The number of methoxy groups -OCH3 is 1. The Morgan fingerprint density at radius 1 is 1.46 bits per heavy atom. The lowest BCUT2D eigenvalue weighted by atomic mass is 10.2. The highest BCUT2D eigenvalue weighted by molar-refractivity contribution is 14.0. The number of nitrogens with one attached hydrogen (secondary N) is 1. The van der Waals surface area contributed by atoms with Crippen LogP contribution in [0.3, 0.4) is 0 Å². The van der Waals surface area contributed by atoms with Crippen molar-refractivity contribution < 1.29 is 13.2 Å². The zero-order valence-electron chi connectivity index (χ0n) is 14.4. The highest BCUT2D eigenvalue weighted by atomic mass is 127. The second kappa shape index (κ2) is 8.32. The van der Waals surface area contributed by atoms with Crippen LogP contribution in [-0.4, -0.2) is 62.0 Å². The molecule has 1 aliphatic rings. The molecule has 24 heavy (non-hydrogen) atoms. The van der Waals surface area contributed by atoms with Crippen LogP contribution in [0.2, 0.25) is 0 Å². The topological polar surface area (TPSA) is 83.9 Å². The Bertz CT molecular complexity index is 692. The number of aromatic nitrogens is 1. The number of hydrogen-bond acceptors (Lipinski definition) is 5. The van der Waals surface area contributed by atoms with Gasteiger partial charge in [-0.25, -0.2) is 13.4 Å². The third kappa shape index (κ3) is 4.71. The molecule has 0 aliphatic carbocycles. The molecule has 0 saturated carbocycles. The standard InChI is InChI=1S/C15H24N4O3S.HI/c1-15(2)11-19(8-9-23(15,20)21)14(16-3)17-10-12-6-5-7-13(18-12)22-4;/h5-7H,8-11H2,1-4H3,(H,16,17);1H. The monoisotopic (exact) mass is 468 g/mol. The summed E-state index contributed by atoms with van der Waals surface area (Å²) in [6.45, 7) is 4.86. The van der Waals surface area contributed by atoms with E-state index >= 15 is 0 Å². The molecule has 0 spiro atoms. The molecular formula is C15H25IN4O3S. The van der Waals surface area contributed by atoms with Crippen LogP contribution in [-0.2, 0) is 16.4 Å². The lowest BCUT2D eigenvalue weighted by molar-refractivity contribution is 0.353. The summed E-state index contributed by atoms with van der Waals surface area (Å²) in [5.74, 6) is 1.38. The van der Waals surface area contributed by atoms with Gasteiger partial charge in [-0.3, -0.25) is 4.99 Å². The summed E-state index contributed by atoms with van der Waals surface area (Å²) in [5, 5.41) is 3.23. The van der Waals surface area contributed by atoms with Crippen molar-refractivity contribution >= 4 is 39.8 Å². The van der Waals surface area contributed by atoms with Crippen molar-refractivity contribution in [2.24, 2.45) is 4.99 Å². The van der Waals surface area contributed by atoms with Gasteiger partial charge in [-0.1, -0.05) is 6.07 Å². The minimum Gasteiger partial charge on any atom is -0.481 e. The number of sulfone groups is 1. The second-order valence-electron chi connectivity index (χ2n) is 6.07. The maximum absolute atomic E-state index is 12.1. The third-order valence-corrected chi connectivity index (χ3v) is 6.51. The summed E-state index contributed by atoms with van der Waals surface area (Å²) in [7, 11) is 0.205. The van der Waals surface area contributed by atoms with Crippen LogP contribution >= 0.6 is 24.0 Å². The molecule has 0 radical (unpaired) electrons. The Kier molecular flexibility index (Phi) is 7.26. The number of ether oxygens (including phenoxy) is 1. The predicted octanol–water partition coefficient (Wildman–Crippen LogP) is 1.29. The molecule has 2 rings (SSSR count). The normalized spacial score (nSPS) is 19.3. The molecule has 7 nitrogen and oxygen atoms in total. The Labute approximate surface area is 160 Å². The van der Waals surface area contributed by atoms with E-state index in [1.54, 1.807) is 34.1 Å². The summed E-state index contributed by atoms with van der Waals surface area (Å²) in [6.07, 6.45) is 0. The van der Waals surface area contributed by atoms with Crippen LogP contribution in [0.4, 0.5) is 0 Å². The maximum Gasteiger partial charge on any atom is 0.213 e. The smallest absolute Gasteiger partial charge is 0.213 e. The lowest BCUT2D eigenvalue weighted by Crippen LogP contribution is -2.57. The minimum absolute atomic E-state index is 0. The SMILES string of the molecule is CN=C(NCc1cccc(OC)n1)N1CCS(=O)(=O)C(C)(C)C1.I. The summed E-state index contributed by atoms with van der Waals surface area (Å²) in [4.78, 5) is 10.6. The quantitative estimate of drug-likeness (QED) is 0.409. The molecule has 9 heteroatoms. The average Bonchev–Trinajstić information content (AvgIpc) is 2.51. The third-order valence-electron chi connectivity index (χ3n) is 3.97. The molecule has 1 aromatic heterocycles. The Balaban J connectivity index is 0.00000288.